The van der Waals surface area contributed by atoms with Gasteiger partial charge in [-0.15, -0.1) is 0 Å². The largest absolute Gasteiger partial charge is 0.497 e. The molecule has 1 amide bonds. The molecule has 0 atom stereocenters. The van der Waals surface area contributed by atoms with Crippen LogP contribution >= 0.6 is 11.8 Å². The lowest BCUT2D eigenvalue weighted by Crippen LogP contribution is -2.40. The Morgan fingerprint density at radius 2 is 2.03 bits per heavy atom. The first-order valence-corrected chi connectivity index (χ1v) is 12.9. The number of morpholine rings is 1. The van der Waals surface area contributed by atoms with Crippen LogP contribution in [0.15, 0.2) is 52.5 Å². The highest BCUT2D eigenvalue weighted by Crippen LogP contribution is 2.40. The number of ether oxygens (including phenoxy) is 2. The predicted octanol–water partition coefficient (Wildman–Crippen LogP) is 4.10. The highest BCUT2D eigenvalue weighted by Gasteiger charge is 2.35. The smallest absolute Gasteiger partial charge is 0.416 e. The van der Waals surface area contributed by atoms with Gasteiger partial charge in [0.2, 0.25) is 0 Å². The van der Waals surface area contributed by atoms with Crippen LogP contribution in [0.4, 0.5) is 13.2 Å². The lowest BCUT2D eigenvalue weighted by Gasteiger charge is -2.26. The third-order valence-electron chi connectivity index (χ3n) is 6.46. The molecule has 1 saturated heterocycles. The number of rotatable bonds is 7. The molecule has 0 bridgehead atoms. The molecular formula is C26H26F3N5O3S. The zero-order valence-electron chi connectivity index (χ0n) is 20.6. The maximum Gasteiger partial charge on any atom is 0.416 e. The molecule has 2 N–H and O–H groups in total. The predicted molar refractivity (Wildman–Crippen MR) is 140 cm³/mol. The molecule has 3 heterocycles. The molecule has 1 fully saturated rings. The minimum absolute atomic E-state index is 0.0372. The molecule has 2 aliphatic heterocycles. The van der Waals surface area contributed by atoms with Crippen molar-refractivity contribution in [3.63, 3.8) is 0 Å². The van der Waals surface area contributed by atoms with Gasteiger partial charge in [-0.1, -0.05) is 12.1 Å². The molecule has 2 aliphatic rings. The SMILES string of the molecule is COc1ccc(CC(=C2SC(NCCN3CCOCC3)=NC2=O)c2ccc3[nH]ncc3c2)c(C(F)(F)F)c1. The van der Waals surface area contributed by atoms with Crippen LogP contribution in [0.25, 0.3) is 16.5 Å². The van der Waals surface area contributed by atoms with Gasteiger partial charge in [-0.2, -0.15) is 23.3 Å². The van der Waals surface area contributed by atoms with E-state index in [4.69, 9.17) is 9.47 Å². The monoisotopic (exact) mass is 545 g/mol. The number of benzene rings is 2. The normalized spacial score (nSPS) is 18.1. The molecule has 0 unspecified atom stereocenters. The van der Waals surface area contributed by atoms with Crippen molar-refractivity contribution in [2.24, 2.45) is 4.99 Å². The van der Waals surface area contributed by atoms with Crippen molar-refractivity contribution in [2.45, 2.75) is 12.6 Å². The zero-order valence-corrected chi connectivity index (χ0v) is 21.4. The van der Waals surface area contributed by atoms with E-state index in [9.17, 15) is 18.0 Å². The van der Waals surface area contributed by atoms with E-state index in [1.54, 1.807) is 18.3 Å². The average molecular weight is 546 g/mol. The number of allylic oxidation sites excluding steroid dienone is 1. The number of methoxy groups -OCH3 is 1. The van der Waals surface area contributed by atoms with Gasteiger partial charge in [0.25, 0.3) is 5.91 Å². The van der Waals surface area contributed by atoms with E-state index in [1.807, 2.05) is 6.07 Å². The van der Waals surface area contributed by atoms with Crippen molar-refractivity contribution in [2.75, 3.05) is 46.5 Å². The highest BCUT2D eigenvalue weighted by atomic mass is 32.2. The van der Waals surface area contributed by atoms with Crippen LogP contribution in [-0.2, 0) is 22.1 Å². The first-order valence-electron chi connectivity index (χ1n) is 12.1. The molecule has 12 heteroatoms. The molecule has 8 nitrogen and oxygen atoms in total. The Labute approximate surface area is 221 Å². The Morgan fingerprint density at radius 1 is 1.21 bits per heavy atom. The summed E-state index contributed by atoms with van der Waals surface area (Å²) in [5.41, 5.74) is 1.11. The Kier molecular flexibility index (Phi) is 7.73. The number of amidine groups is 1. The van der Waals surface area contributed by atoms with E-state index in [0.717, 1.165) is 48.4 Å². The van der Waals surface area contributed by atoms with Crippen molar-refractivity contribution in [3.05, 3.63) is 64.2 Å². The molecule has 0 aliphatic carbocycles. The van der Waals surface area contributed by atoms with Crippen molar-refractivity contribution < 1.29 is 27.4 Å². The summed E-state index contributed by atoms with van der Waals surface area (Å²) in [7, 11) is 1.32. The molecule has 1 aromatic heterocycles. The van der Waals surface area contributed by atoms with Gasteiger partial charge in [-0.05, 0) is 59.1 Å². The number of amides is 1. The lowest BCUT2D eigenvalue weighted by atomic mass is 9.93. The van der Waals surface area contributed by atoms with E-state index >= 15 is 0 Å². The number of H-pyrrole nitrogens is 1. The molecule has 5 rings (SSSR count). The Hall–Kier alpha value is -3.35. The number of nitrogens with one attached hydrogen (secondary N) is 2. The third kappa shape index (κ3) is 5.87. The zero-order chi connectivity index (χ0) is 26.7. The standard InChI is InChI=1S/C26H26F3N5O3S/c1-36-19-4-2-17(21(14-19)26(27,28)29)13-20(16-3-5-22-18(12-16)15-31-33-22)23-24(35)32-25(38-23)30-6-7-34-8-10-37-11-9-34/h2-5,12,14-15H,6-11,13H2,1H3,(H,31,33)(H,30,32,35). The summed E-state index contributed by atoms with van der Waals surface area (Å²) in [6.45, 7) is 4.42. The molecule has 0 radical (unpaired) electrons. The summed E-state index contributed by atoms with van der Waals surface area (Å²) in [4.78, 5) is 19.8. The Morgan fingerprint density at radius 3 is 2.79 bits per heavy atom. The molecule has 2 aromatic carbocycles. The van der Waals surface area contributed by atoms with Crippen LogP contribution < -0.4 is 10.1 Å². The number of aliphatic imine (C=N–C) groups is 1. The van der Waals surface area contributed by atoms with E-state index < -0.39 is 17.6 Å². The quantitative estimate of drug-likeness (QED) is 0.432. The van der Waals surface area contributed by atoms with Gasteiger partial charge < -0.3 is 14.8 Å². The summed E-state index contributed by atoms with van der Waals surface area (Å²) in [5, 5.41) is 11.3. The van der Waals surface area contributed by atoms with Gasteiger partial charge >= 0.3 is 6.18 Å². The molecular weight excluding hydrogens is 519 g/mol. The van der Waals surface area contributed by atoms with Crippen LogP contribution in [0, 0.1) is 0 Å². The fraction of sp³-hybridized carbons (Fsp3) is 0.346. The number of halogens is 3. The summed E-state index contributed by atoms with van der Waals surface area (Å²) in [6, 6.07) is 9.25. The van der Waals surface area contributed by atoms with Gasteiger partial charge in [0.15, 0.2) is 5.17 Å². The Bertz CT molecular complexity index is 1400. The van der Waals surface area contributed by atoms with E-state index in [1.165, 1.54) is 19.2 Å². The number of alkyl halides is 3. The molecule has 0 spiro atoms. The maximum atomic E-state index is 14.0. The number of carbonyl (C=O) groups excluding carboxylic acids is 1. The number of hydrogen-bond acceptors (Lipinski definition) is 7. The Balaban J connectivity index is 1.46. The number of nitrogens with zero attached hydrogens (tertiary/aromatic N) is 3. The van der Waals surface area contributed by atoms with Gasteiger partial charge in [0.1, 0.15) is 5.75 Å². The van der Waals surface area contributed by atoms with Gasteiger partial charge in [-0.3, -0.25) is 14.8 Å². The fourth-order valence-corrected chi connectivity index (χ4v) is 5.40. The van der Waals surface area contributed by atoms with Crippen LogP contribution in [0.1, 0.15) is 16.7 Å². The van der Waals surface area contributed by atoms with E-state index in [2.05, 4.69) is 25.4 Å². The van der Waals surface area contributed by atoms with E-state index in [-0.39, 0.29) is 17.7 Å². The van der Waals surface area contributed by atoms with Crippen LogP contribution in [0.3, 0.4) is 0 Å². The van der Waals surface area contributed by atoms with Crippen molar-refractivity contribution in [1.82, 2.24) is 20.4 Å². The minimum atomic E-state index is -4.59. The van der Waals surface area contributed by atoms with Gasteiger partial charge in [-0.25, -0.2) is 0 Å². The van der Waals surface area contributed by atoms with E-state index in [0.29, 0.717) is 41.0 Å². The summed E-state index contributed by atoms with van der Waals surface area (Å²) >= 11 is 1.15. The molecule has 38 heavy (non-hydrogen) atoms. The second-order valence-electron chi connectivity index (χ2n) is 8.88. The summed E-state index contributed by atoms with van der Waals surface area (Å²) < 4.78 is 52.4. The first kappa shape index (κ1) is 26.3. The number of hydrogen-bond donors (Lipinski definition) is 2. The molecule has 0 saturated carbocycles. The number of aromatic nitrogens is 2. The highest BCUT2D eigenvalue weighted by molar-refractivity contribution is 8.18. The first-order chi connectivity index (χ1) is 18.3. The topological polar surface area (TPSA) is 91.8 Å². The van der Waals surface area contributed by atoms with Crippen molar-refractivity contribution in [1.29, 1.82) is 0 Å². The third-order valence-corrected chi connectivity index (χ3v) is 7.51. The van der Waals surface area contributed by atoms with Crippen LogP contribution in [0.2, 0.25) is 0 Å². The van der Waals surface area contributed by atoms with Crippen LogP contribution in [0.5, 0.6) is 5.75 Å². The second kappa shape index (κ2) is 11.2. The van der Waals surface area contributed by atoms with Crippen LogP contribution in [-0.4, -0.2) is 72.7 Å². The average Bonchev–Trinajstić information content (AvgIpc) is 3.53. The lowest BCUT2D eigenvalue weighted by molar-refractivity contribution is -0.138. The van der Waals surface area contributed by atoms with Crippen molar-refractivity contribution >= 4 is 39.3 Å². The van der Waals surface area contributed by atoms with Crippen molar-refractivity contribution in [3.8, 4) is 5.75 Å². The molecule has 200 valence electrons. The fourth-order valence-electron chi connectivity index (χ4n) is 4.45. The summed E-state index contributed by atoms with van der Waals surface area (Å²) in [6.07, 6.45) is -3.08. The number of carbonyl (C=O) groups is 1. The number of aromatic amines is 1. The molecule has 3 aromatic rings. The maximum absolute atomic E-state index is 14.0. The second-order valence-corrected chi connectivity index (χ2v) is 9.88. The van der Waals surface area contributed by atoms with Gasteiger partial charge in [0, 0.05) is 31.6 Å². The number of fused-ring (bicyclic) bond motifs is 1. The minimum Gasteiger partial charge on any atom is -0.497 e. The number of thioether (sulfide) groups is 1. The van der Waals surface area contributed by atoms with Gasteiger partial charge in [0.05, 0.1) is 42.5 Å². The summed E-state index contributed by atoms with van der Waals surface area (Å²) in [5.74, 6) is -0.371.